The van der Waals surface area contributed by atoms with Crippen molar-refractivity contribution in [2.45, 2.75) is 26.2 Å². The molecule has 24 heavy (non-hydrogen) atoms. The van der Waals surface area contributed by atoms with Gasteiger partial charge in [-0.3, -0.25) is 9.59 Å². The molecule has 0 aliphatic heterocycles. The Morgan fingerprint density at radius 1 is 1.17 bits per heavy atom. The summed E-state index contributed by atoms with van der Waals surface area (Å²) in [6.45, 7) is 2.72. The van der Waals surface area contributed by atoms with E-state index >= 15 is 0 Å². The van der Waals surface area contributed by atoms with Gasteiger partial charge in [-0.15, -0.1) is 0 Å². The van der Waals surface area contributed by atoms with Crippen LogP contribution in [0.3, 0.4) is 0 Å². The highest BCUT2D eigenvalue weighted by Crippen LogP contribution is 2.08. The van der Waals surface area contributed by atoms with Gasteiger partial charge < -0.3 is 15.1 Å². The zero-order valence-electron chi connectivity index (χ0n) is 13.6. The molecule has 6 heteroatoms. The number of hydrogen-bond acceptors (Lipinski definition) is 3. The van der Waals surface area contributed by atoms with Crippen molar-refractivity contribution in [3.05, 3.63) is 59.3 Å². The lowest BCUT2D eigenvalue weighted by Crippen LogP contribution is -2.30. The van der Waals surface area contributed by atoms with Gasteiger partial charge in [0.15, 0.2) is 5.76 Å². The van der Waals surface area contributed by atoms with Crippen molar-refractivity contribution in [1.29, 1.82) is 0 Å². The number of benzene rings is 1. The summed E-state index contributed by atoms with van der Waals surface area (Å²) in [7, 11) is 0. The Morgan fingerprint density at radius 2 is 1.96 bits per heavy atom. The molecule has 0 aliphatic rings. The molecule has 0 spiro atoms. The number of hydrogen-bond donors (Lipinski definition) is 2. The fraction of sp³-hybridized carbons (Fsp3) is 0.333. The van der Waals surface area contributed by atoms with Crippen LogP contribution in [0.1, 0.15) is 34.5 Å². The number of carbonyl (C=O) groups excluding carboxylic acids is 2. The van der Waals surface area contributed by atoms with Gasteiger partial charge in [0.25, 0.3) is 5.91 Å². The van der Waals surface area contributed by atoms with Gasteiger partial charge >= 0.3 is 0 Å². The molecule has 1 heterocycles. The first kappa shape index (κ1) is 17.7. The maximum Gasteiger partial charge on any atom is 0.287 e. The molecule has 0 radical (unpaired) electrons. The standard InChI is InChI=1S/C18H21FN2O3/c1-13-8-11-24-17(13)18(23)21-10-3-9-20-16(22)7-6-14-4-2-5-15(19)12-14/h2,4-5,8,11-12H,3,6-7,9-10H2,1H3,(H,20,22)(H,21,23). The van der Waals surface area contributed by atoms with Crippen LogP contribution in [0.15, 0.2) is 41.0 Å². The van der Waals surface area contributed by atoms with E-state index in [9.17, 15) is 14.0 Å². The molecule has 0 fully saturated rings. The summed E-state index contributed by atoms with van der Waals surface area (Å²) in [4.78, 5) is 23.5. The van der Waals surface area contributed by atoms with Crippen LogP contribution >= 0.6 is 0 Å². The predicted octanol–water partition coefficient (Wildman–Crippen LogP) is 2.60. The van der Waals surface area contributed by atoms with Gasteiger partial charge in [0.2, 0.25) is 5.91 Å². The Labute approximate surface area is 140 Å². The Balaban J connectivity index is 1.58. The van der Waals surface area contributed by atoms with Crippen LogP contribution in [0.2, 0.25) is 0 Å². The van der Waals surface area contributed by atoms with Gasteiger partial charge in [0.05, 0.1) is 6.26 Å². The highest BCUT2D eigenvalue weighted by Gasteiger charge is 2.11. The summed E-state index contributed by atoms with van der Waals surface area (Å²) >= 11 is 0. The summed E-state index contributed by atoms with van der Waals surface area (Å²) in [5.74, 6) is -0.327. The number of nitrogens with one attached hydrogen (secondary N) is 2. The average molecular weight is 332 g/mol. The van der Waals surface area contributed by atoms with Gasteiger partial charge in [0, 0.05) is 25.1 Å². The van der Waals surface area contributed by atoms with Gasteiger partial charge in [-0.2, -0.15) is 0 Å². The number of rotatable bonds is 8. The van der Waals surface area contributed by atoms with E-state index in [-0.39, 0.29) is 17.6 Å². The third-order valence-electron chi connectivity index (χ3n) is 3.56. The second-order valence-electron chi connectivity index (χ2n) is 5.52. The third kappa shape index (κ3) is 5.53. The molecule has 0 unspecified atom stereocenters. The fourth-order valence-electron chi connectivity index (χ4n) is 2.24. The monoisotopic (exact) mass is 332 g/mol. The quantitative estimate of drug-likeness (QED) is 0.730. The smallest absolute Gasteiger partial charge is 0.287 e. The molecule has 0 bridgehead atoms. The molecular formula is C18H21FN2O3. The van der Waals surface area contributed by atoms with E-state index in [1.54, 1.807) is 25.1 Å². The van der Waals surface area contributed by atoms with Crippen LogP contribution < -0.4 is 10.6 Å². The van der Waals surface area contributed by atoms with E-state index in [2.05, 4.69) is 10.6 Å². The number of halogens is 1. The summed E-state index contributed by atoms with van der Waals surface area (Å²) in [5.41, 5.74) is 1.59. The van der Waals surface area contributed by atoms with Crippen LogP contribution in [0.4, 0.5) is 4.39 Å². The van der Waals surface area contributed by atoms with E-state index < -0.39 is 0 Å². The molecule has 0 aliphatic carbocycles. The van der Waals surface area contributed by atoms with E-state index in [0.717, 1.165) is 11.1 Å². The molecule has 2 amide bonds. The van der Waals surface area contributed by atoms with Crippen molar-refractivity contribution in [1.82, 2.24) is 10.6 Å². The average Bonchev–Trinajstić information content (AvgIpc) is 2.98. The van der Waals surface area contributed by atoms with Crippen molar-refractivity contribution in [2.75, 3.05) is 13.1 Å². The number of amides is 2. The van der Waals surface area contributed by atoms with Gasteiger partial charge in [-0.05, 0) is 43.5 Å². The largest absolute Gasteiger partial charge is 0.459 e. The lowest BCUT2D eigenvalue weighted by atomic mass is 10.1. The van der Waals surface area contributed by atoms with Gasteiger partial charge in [0.1, 0.15) is 5.82 Å². The Kier molecular flexibility index (Phi) is 6.54. The second kappa shape index (κ2) is 8.86. The summed E-state index contributed by atoms with van der Waals surface area (Å²) in [5, 5.41) is 5.52. The molecule has 2 N–H and O–H groups in total. The number of furan rings is 1. The Hall–Kier alpha value is -2.63. The Morgan fingerprint density at radius 3 is 2.67 bits per heavy atom. The lowest BCUT2D eigenvalue weighted by Gasteiger charge is -2.06. The molecule has 2 aromatic rings. The van der Waals surface area contributed by atoms with Crippen molar-refractivity contribution in [3.63, 3.8) is 0 Å². The summed E-state index contributed by atoms with van der Waals surface area (Å²) < 4.78 is 18.1. The van der Waals surface area contributed by atoms with Crippen LogP contribution in [0, 0.1) is 12.7 Å². The van der Waals surface area contributed by atoms with Crippen molar-refractivity contribution in [2.24, 2.45) is 0 Å². The highest BCUT2D eigenvalue weighted by molar-refractivity contribution is 5.92. The lowest BCUT2D eigenvalue weighted by molar-refractivity contribution is -0.121. The maximum absolute atomic E-state index is 13.0. The molecule has 2 rings (SSSR count). The fourth-order valence-corrected chi connectivity index (χ4v) is 2.24. The normalized spacial score (nSPS) is 10.4. The van der Waals surface area contributed by atoms with Crippen LogP contribution in [0.25, 0.3) is 0 Å². The summed E-state index contributed by atoms with van der Waals surface area (Å²) in [6, 6.07) is 7.96. The third-order valence-corrected chi connectivity index (χ3v) is 3.56. The van der Waals surface area contributed by atoms with Gasteiger partial charge in [-0.1, -0.05) is 12.1 Å². The van der Waals surface area contributed by atoms with E-state index in [4.69, 9.17) is 4.42 Å². The zero-order chi connectivity index (χ0) is 17.4. The van der Waals surface area contributed by atoms with Crippen LogP contribution in [0.5, 0.6) is 0 Å². The Bertz CT molecular complexity index is 697. The van der Waals surface area contributed by atoms with Gasteiger partial charge in [-0.25, -0.2) is 4.39 Å². The van der Waals surface area contributed by atoms with E-state index in [0.29, 0.717) is 38.1 Å². The SMILES string of the molecule is Cc1ccoc1C(=O)NCCCNC(=O)CCc1cccc(F)c1. The first-order chi connectivity index (χ1) is 11.6. The molecule has 128 valence electrons. The number of carbonyl (C=O) groups is 2. The maximum atomic E-state index is 13.0. The molecule has 1 aromatic heterocycles. The highest BCUT2D eigenvalue weighted by atomic mass is 19.1. The van der Waals surface area contributed by atoms with E-state index in [1.807, 2.05) is 0 Å². The van der Waals surface area contributed by atoms with Crippen LogP contribution in [-0.4, -0.2) is 24.9 Å². The van der Waals surface area contributed by atoms with Crippen molar-refractivity contribution in [3.8, 4) is 0 Å². The second-order valence-corrected chi connectivity index (χ2v) is 5.52. The first-order valence-electron chi connectivity index (χ1n) is 7.89. The summed E-state index contributed by atoms with van der Waals surface area (Å²) in [6.07, 6.45) is 2.90. The minimum Gasteiger partial charge on any atom is -0.459 e. The van der Waals surface area contributed by atoms with Crippen molar-refractivity contribution < 1.29 is 18.4 Å². The van der Waals surface area contributed by atoms with E-state index in [1.165, 1.54) is 18.4 Å². The number of aryl methyl sites for hydroxylation is 2. The van der Waals surface area contributed by atoms with Crippen molar-refractivity contribution >= 4 is 11.8 Å². The minimum absolute atomic E-state index is 0.0903. The first-order valence-corrected chi connectivity index (χ1v) is 7.89. The zero-order valence-corrected chi connectivity index (χ0v) is 13.6. The van der Waals surface area contributed by atoms with Crippen LogP contribution in [-0.2, 0) is 11.2 Å². The molecule has 1 aromatic carbocycles. The minimum atomic E-state index is -0.296. The topological polar surface area (TPSA) is 71.3 Å². The molecule has 0 atom stereocenters. The molecular weight excluding hydrogens is 311 g/mol. The molecule has 0 saturated carbocycles. The molecule has 5 nitrogen and oxygen atoms in total. The molecule has 0 saturated heterocycles. The predicted molar refractivity (Wildman–Crippen MR) is 88.1 cm³/mol.